The summed E-state index contributed by atoms with van der Waals surface area (Å²) in [6.07, 6.45) is 3.28. The maximum absolute atomic E-state index is 6.15. The fourth-order valence-electron chi connectivity index (χ4n) is 2.48. The van der Waals surface area contributed by atoms with Gasteiger partial charge in [-0.05, 0) is 38.4 Å². The summed E-state index contributed by atoms with van der Waals surface area (Å²) >= 11 is 0. The summed E-state index contributed by atoms with van der Waals surface area (Å²) in [4.78, 5) is 4.60. The van der Waals surface area contributed by atoms with E-state index in [-0.39, 0.29) is 6.10 Å². The first kappa shape index (κ1) is 15.3. The molecule has 0 unspecified atom stereocenters. The van der Waals surface area contributed by atoms with E-state index in [1.807, 2.05) is 6.92 Å². The summed E-state index contributed by atoms with van der Waals surface area (Å²) in [5.74, 6) is 0.804. The minimum absolute atomic E-state index is 0.238. The zero-order chi connectivity index (χ0) is 14.4. The first-order chi connectivity index (χ1) is 9.70. The molecule has 0 saturated carbocycles. The van der Waals surface area contributed by atoms with Crippen molar-refractivity contribution in [2.75, 3.05) is 19.8 Å². The SMILES string of the molecule is CCCNCc1c(C)cc(C)nc1OC1CCOCC1. The fourth-order valence-corrected chi connectivity index (χ4v) is 2.48. The highest BCUT2D eigenvalue weighted by molar-refractivity contribution is 5.36. The van der Waals surface area contributed by atoms with E-state index in [1.54, 1.807) is 0 Å². The molecule has 0 spiro atoms. The Morgan fingerprint density at radius 3 is 2.80 bits per heavy atom. The second-order valence-electron chi connectivity index (χ2n) is 5.47. The monoisotopic (exact) mass is 278 g/mol. The van der Waals surface area contributed by atoms with Gasteiger partial charge in [0.25, 0.3) is 0 Å². The van der Waals surface area contributed by atoms with Gasteiger partial charge in [-0.15, -0.1) is 0 Å². The zero-order valence-electron chi connectivity index (χ0n) is 12.9. The molecule has 4 heteroatoms. The molecule has 2 heterocycles. The van der Waals surface area contributed by atoms with Gasteiger partial charge in [0.15, 0.2) is 0 Å². The van der Waals surface area contributed by atoms with Gasteiger partial charge in [0.05, 0.1) is 13.2 Å². The number of ether oxygens (including phenoxy) is 2. The largest absolute Gasteiger partial charge is 0.474 e. The molecule has 0 aromatic carbocycles. The van der Waals surface area contributed by atoms with Crippen molar-refractivity contribution < 1.29 is 9.47 Å². The van der Waals surface area contributed by atoms with Gasteiger partial charge in [-0.25, -0.2) is 4.98 Å². The van der Waals surface area contributed by atoms with E-state index in [9.17, 15) is 0 Å². The van der Waals surface area contributed by atoms with Crippen LogP contribution in [-0.2, 0) is 11.3 Å². The van der Waals surface area contributed by atoms with Crippen LogP contribution in [0.2, 0.25) is 0 Å². The van der Waals surface area contributed by atoms with E-state index in [0.29, 0.717) is 0 Å². The molecule has 1 fully saturated rings. The highest BCUT2D eigenvalue weighted by Crippen LogP contribution is 2.24. The highest BCUT2D eigenvalue weighted by Gasteiger charge is 2.18. The van der Waals surface area contributed by atoms with E-state index in [4.69, 9.17) is 9.47 Å². The van der Waals surface area contributed by atoms with Crippen molar-refractivity contribution in [2.45, 2.75) is 52.7 Å². The molecule has 1 aromatic rings. The van der Waals surface area contributed by atoms with Crippen LogP contribution in [0.4, 0.5) is 0 Å². The molecule has 1 aliphatic heterocycles. The summed E-state index contributed by atoms with van der Waals surface area (Å²) < 4.78 is 11.5. The quantitative estimate of drug-likeness (QED) is 0.813. The zero-order valence-corrected chi connectivity index (χ0v) is 12.9. The third kappa shape index (κ3) is 4.18. The van der Waals surface area contributed by atoms with Crippen LogP contribution in [0.3, 0.4) is 0 Å². The van der Waals surface area contributed by atoms with Gasteiger partial charge in [-0.1, -0.05) is 6.92 Å². The minimum Gasteiger partial charge on any atom is -0.474 e. The van der Waals surface area contributed by atoms with Crippen LogP contribution in [0.25, 0.3) is 0 Å². The first-order valence-corrected chi connectivity index (χ1v) is 7.63. The maximum atomic E-state index is 6.15. The van der Waals surface area contributed by atoms with Crippen LogP contribution >= 0.6 is 0 Å². The Kier molecular flexibility index (Phi) is 5.80. The molecular formula is C16H26N2O2. The lowest BCUT2D eigenvalue weighted by molar-refractivity contribution is 0.0232. The van der Waals surface area contributed by atoms with Gasteiger partial charge >= 0.3 is 0 Å². The van der Waals surface area contributed by atoms with Gasteiger partial charge in [0, 0.05) is 30.6 Å². The van der Waals surface area contributed by atoms with Crippen molar-refractivity contribution in [1.82, 2.24) is 10.3 Å². The normalized spacial score (nSPS) is 16.4. The number of hydrogen-bond donors (Lipinski definition) is 1. The van der Waals surface area contributed by atoms with Crippen molar-refractivity contribution in [3.8, 4) is 5.88 Å². The number of aryl methyl sites for hydroxylation is 2. The second-order valence-corrected chi connectivity index (χ2v) is 5.47. The Morgan fingerprint density at radius 1 is 1.35 bits per heavy atom. The Morgan fingerprint density at radius 2 is 2.10 bits per heavy atom. The lowest BCUT2D eigenvalue weighted by Crippen LogP contribution is -2.27. The molecular weight excluding hydrogens is 252 g/mol. The first-order valence-electron chi connectivity index (χ1n) is 7.63. The Hall–Kier alpha value is -1.13. The van der Waals surface area contributed by atoms with Gasteiger partial charge < -0.3 is 14.8 Å². The van der Waals surface area contributed by atoms with Crippen LogP contribution in [0.5, 0.6) is 5.88 Å². The van der Waals surface area contributed by atoms with Gasteiger partial charge in [0.1, 0.15) is 6.10 Å². The number of aromatic nitrogens is 1. The lowest BCUT2D eigenvalue weighted by Gasteiger charge is -2.24. The molecule has 1 aliphatic rings. The molecule has 0 atom stereocenters. The van der Waals surface area contributed by atoms with E-state index in [2.05, 4.69) is 30.2 Å². The van der Waals surface area contributed by atoms with Gasteiger partial charge in [0.2, 0.25) is 5.88 Å². The molecule has 0 radical (unpaired) electrons. The summed E-state index contributed by atoms with van der Waals surface area (Å²) in [7, 11) is 0. The van der Waals surface area contributed by atoms with Gasteiger partial charge in [-0.3, -0.25) is 0 Å². The predicted octanol–water partition coefficient (Wildman–Crippen LogP) is 2.76. The standard InChI is InChI=1S/C16H26N2O2/c1-4-7-17-11-15-12(2)10-13(3)18-16(15)20-14-5-8-19-9-6-14/h10,14,17H,4-9,11H2,1-3H3. The summed E-state index contributed by atoms with van der Waals surface area (Å²) in [5.41, 5.74) is 3.46. The fraction of sp³-hybridized carbons (Fsp3) is 0.688. The van der Waals surface area contributed by atoms with Crippen molar-refractivity contribution >= 4 is 0 Å². The van der Waals surface area contributed by atoms with E-state index in [0.717, 1.165) is 57.1 Å². The molecule has 20 heavy (non-hydrogen) atoms. The number of rotatable bonds is 6. The Balaban J connectivity index is 2.11. The van der Waals surface area contributed by atoms with E-state index in [1.165, 1.54) is 11.1 Å². The molecule has 0 aliphatic carbocycles. The average molecular weight is 278 g/mol. The van der Waals surface area contributed by atoms with E-state index < -0.39 is 0 Å². The molecule has 4 nitrogen and oxygen atoms in total. The summed E-state index contributed by atoms with van der Waals surface area (Å²) in [5, 5.41) is 3.44. The Bertz CT molecular complexity index is 429. The van der Waals surface area contributed by atoms with Crippen LogP contribution in [0, 0.1) is 13.8 Å². The third-order valence-electron chi connectivity index (χ3n) is 3.61. The smallest absolute Gasteiger partial charge is 0.218 e. The lowest BCUT2D eigenvalue weighted by atomic mass is 10.1. The summed E-state index contributed by atoms with van der Waals surface area (Å²) in [6.45, 7) is 9.75. The second kappa shape index (κ2) is 7.60. The average Bonchev–Trinajstić information content (AvgIpc) is 2.43. The topological polar surface area (TPSA) is 43.4 Å². The van der Waals surface area contributed by atoms with Crippen molar-refractivity contribution in [1.29, 1.82) is 0 Å². The van der Waals surface area contributed by atoms with Crippen LogP contribution < -0.4 is 10.1 Å². The van der Waals surface area contributed by atoms with Crippen LogP contribution in [0.15, 0.2) is 6.07 Å². The molecule has 1 aromatic heterocycles. The molecule has 0 amide bonds. The number of hydrogen-bond acceptors (Lipinski definition) is 4. The molecule has 2 rings (SSSR count). The Labute approximate surface area is 121 Å². The number of nitrogens with one attached hydrogen (secondary N) is 1. The summed E-state index contributed by atoms with van der Waals surface area (Å²) in [6, 6.07) is 2.12. The van der Waals surface area contributed by atoms with Crippen molar-refractivity contribution in [3.05, 3.63) is 22.9 Å². The molecule has 1 N–H and O–H groups in total. The van der Waals surface area contributed by atoms with Gasteiger partial charge in [-0.2, -0.15) is 0 Å². The minimum atomic E-state index is 0.238. The third-order valence-corrected chi connectivity index (χ3v) is 3.61. The number of nitrogens with zero attached hydrogens (tertiary/aromatic N) is 1. The van der Waals surface area contributed by atoms with Crippen LogP contribution in [0.1, 0.15) is 43.0 Å². The highest BCUT2D eigenvalue weighted by atomic mass is 16.5. The van der Waals surface area contributed by atoms with Crippen LogP contribution in [-0.4, -0.2) is 30.8 Å². The maximum Gasteiger partial charge on any atom is 0.218 e. The predicted molar refractivity (Wildman–Crippen MR) is 80.2 cm³/mol. The molecule has 1 saturated heterocycles. The van der Waals surface area contributed by atoms with Crippen molar-refractivity contribution in [2.24, 2.45) is 0 Å². The van der Waals surface area contributed by atoms with Crippen molar-refractivity contribution in [3.63, 3.8) is 0 Å². The molecule has 112 valence electrons. The molecule has 0 bridgehead atoms. The number of pyridine rings is 1. The van der Waals surface area contributed by atoms with E-state index >= 15 is 0 Å².